The topological polar surface area (TPSA) is 172 Å². The zero-order chi connectivity index (χ0) is 26.8. The quantitative estimate of drug-likeness (QED) is 0.251. The second kappa shape index (κ2) is 12.5. The highest BCUT2D eigenvalue weighted by Crippen LogP contribution is 2.29. The molecular formula is C24H40N6O4. The second-order valence-electron chi connectivity index (χ2n) is 11.3. The zero-order valence-electron chi connectivity index (χ0n) is 21.8. The number of carboxylic acids is 2. The van der Waals surface area contributed by atoms with E-state index in [0.717, 1.165) is 0 Å². The first-order valence-electron chi connectivity index (χ1n) is 11.5. The van der Waals surface area contributed by atoms with Gasteiger partial charge < -0.3 is 10.2 Å². The predicted molar refractivity (Wildman–Crippen MR) is 127 cm³/mol. The number of nitriles is 2. The normalized spacial score (nSPS) is 17.9. The summed E-state index contributed by atoms with van der Waals surface area (Å²) in [5.74, 6) is -3.67. The molecule has 0 amide bonds. The van der Waals surface area contributed by atoms with Gasteiger partial charge in [-0.05, 0) is 68.2 Å². The molecule has 0 bridgehead atoms. The number of rotatable bonds is 13. The van der Waals surface area contributed by atoms with Gasteiger partial charge in [0.25, 0.3) is 0 Å². The zero-order valence-corrected chi connectivity index (χ0v) is 21.8. The maximum absolute atomic E-state index is 11.8. The summed E-state index contributed by atoms with van der Waals surface area (Å²) in [4.78, 5) is 23.6. The minimum atomic E-state index is -1.26. The van der Waals surface area contributed by atoms with E-state index in [2.05, 4.69) is 32.6 Å². The molecule has 2 N–H and O–H groups in total. The van der Waals surface area contributed by atoms with E-state index in [9.17, 15) is 30.3 Å². The van der Waals surface area contributed by atoms with Gasteiger partial charge in [-0.1, -0.05) is 12.8 Å². The van der Waals surface area contributed by atoms with Gasteiger partial charge in [-0.25, -0.2) is 0 Å². The van der Waals surface area contributed by atoms with Crippen molar-refractivity contribution in [2.24, 2.45) is 32.3 Å². The average molecular weight is 477 g/mol. The Balaban J connectivity index is 5.14. The highest BCUT2D eigenvalue weighted by atomic mass is 16.4. The van der Waals surface area contributed by atoms with Gasteiger partial charge >= 0.3 is 11.9 Å². The van der Waals surface area contributed by atoms with Crippen molar-refractivity contribution in [1.29, 1.82) is 10.5 Å². The van der Waals surface area contributed by atoms with Gasteiger partial charge in [0.2, 0.25) is 0 Å². The molecule has 0 saturated heterocycles. The van der Waals surface area contributed by atoms with Gasteiger partial charge in [0.15, 0.2) is 11.1 Å². The van der Waals surface area contributed by atoms with Crippen LogP contribution in [-0.2, 0) is 9.59 Å². The molecule has 0 fully saturated rings. The van der Waals surface area contributed by atoms with Crippen molar-refractivity contribution in [3.63, 3.8) is 0 Å². The second-order valence-corrected chi connectivity index (χ2v) is 11.3. The Bertz CT molecular complexity index is 773. The summed E-state index contributed by atoms with van der Waals surface area (Å²) < 4.78 is 0. The van der Waals surface area contributed by atoms with E-state index in [1.54, 1.807) is 13.8 Å². The van der Waals surface area contributed by atoms with Crippen LogP contribution in [0.5, 0.6) is 0 Å². The molecule has 190 valence electrons. The molecule has 0 rings (SSSR count). The molecule has 0 aromatic carbocycles. The fourth-order valence-corrected chi connectivity index (χ4v) is 3.11. The third kappa shape index (κ3) is 13.0. The summed E-state index contributed by atoms with van der Waals surface area (Å²) >= 11 is 0. The first kappa shape index (κ1) is 31.1. The third-order valence-electron chi connectivity index (χ3n) is 4.96. The number of carboxylic acid groups (broad SMARTS) is 2. The molecule has 0 spiro atoms. The average Bonchev–Trinajstić information content (AvgIpc) is 2.71. The Labute approximate surface area is 203 Å². The van der Waals surface area contributed by atoms with Crippen LogP contribution in [0.25, 0.3) is 0 Å². The number of nitrogens with zero attached hydrogens (tertiary/aromatic N) is 6. The summed E-state index contributed by atoms with van der Waals surface area (Å²) in [6, 6.07) is 4.13. The number of unbranched alkanes of at least 4 members (excludes halogenated alkanes) is 1. The van der Waals surface area contributed by atoms with E-state index in [4.69, 9.17) is 0 Å². The maximum atomic E-state index is 11.8. The van der Waals surface area contributed by atoms with E-state index < -0.39 is 45.9 Å². The molecule has 4 atom stereocenters. The van der Waals surface area contributed by atoms with E-state index in [1.807, 2.05) is 41.5 Å². The standard InChI is InChI=1S/C24H40N6O4/c1-21(2,3)27-29-23(7,15-25)13-17(19(31)32)11-9-10-12-18(20(33)34)14-24(8,16-26)30-28-22(4,5)6/h17-18H,9-14H2,1-8H3,(H,31,32)(H,33,34). The molecule has 0 aliphatic rings. The molecule has 0 aliphatic carbocycles. The lowest BCUT2D eigenvalue weighted by molar-refractivity contribution is -0.144. The Kier molecular flexibility index (Phi) is 11.5. The number of hydrogen-bond donors (Lipinski definition) is 2. The smallest absolute Gasteiger partial charge is 0.306 e. The lowest BCUT2D eigenvalue weighted by Crippen LogP contribution is -2.29. The van der Waals surface area contributed by atoms with Crippen molar-refractivity contribution in [1.82, 2.24) is 0 Å². The predicted octanol–water partition coefficient (Wildman–Crippen LogP) is 5.79. The molecular weight excluding hydrogens is 436 g/mol. The number of hydrogen-bond acceptors (Lipinski definition) is 8. The monoisotopic (exact) mass is 476 g/mol. The van der Waals surface area contributed by atoms with Crippen molar-refractivity contribution in [3.8, 4) is 12.1 Å². The number of aliphatic carboxylic acids is 2. The van der Waals surface area contributed by atoms with Crippen molar-refractivity contribution < 1.29 is 19.8 Å². The molecule has 10 nitrogen and oxygen atoms in total. The molecule has 0 aliphatic heterocycles. The van der Waals surface area contributed by atoms with E-state index >= 15 is 0 Å². The van der Waals surface area contributed by atoms with Gasteiger partial charge in [-0.2, -0.15) is 31.0 Å². The molecule has 0 aromatic heterocycles. The molecule has 0 saturated carbocycles. The Morgan fingerprint density at radius 3 is 1.18 bits per heavy atom. The van der Waals surface area contributed by atoms with Crippen molar-refractivity contribution >= 4 is 11.9 Å². The fraction of sp³-hybridized carbons (Fsp3) is 0.833. The number of carbonyl (C=O) groups is 2. The maximum Gasteiger partial charge on any atom is 0.306 e. The Morgan fingerprint density at radius 1 is 0.676 bits per heavy atom. The van der Waals surface area contributed by atoms with Gasteiger partial charge in [-0.15, -0.1) is 0 Å². The van der Waals surface area contributed by atoms with Crippen LogP contribution < -0.4 is 0 Å². The van der Waals surface area contributed by atoms with Crippen LogP contribution in [0.4, 0.5) is 0 Å². The summed E-state index contributed by atoms with van der Waals surface area (Å²) in [6.07, 6.45) is 1.52. The first-order chi connectivity index (χ1) is 15.4. The van der Waals surface area contributed by atoms with Crippen LogP contribution >= 0.6 is 0 Å². The van der Waals surface area contributed by atoms with Crippen LogP contribution in [0.15, 0.2) is 20.5 Å². The van der Waals surface area contributed by atoms with Crippen molar-refractivity contribution in [3.05, 3.63) is 0 Å². The Hall–Kier alpha value is -2.88. The highest BCUT2D eigenvalue weighted by molar-refractivity contribution is 5.70. The van der Waals surface area contributed by atoms with E-state index in [-0.39, 0.29) is 25.7 Å². The van der Waals surface area contributed by atoms with Crippen molar-refractivity contribution in [2.75, 3.05) is 0 Å². The minimum absolute atomic E-state index is 0.0143. The third-order valence-corrected chi connectivity index (χ3v) is 4.96. The van der Waals surface area contributed by atoms with E-state index in [0.29, 0.717) is 12.8 Å². The summed E-state index contributed by atoms with van der Waals surface area (Å²) in [5.41, 5.74) is -3.47. The largest absolute Gasteiger partial charge is 0.481 e. The van der Waals surface area contributed by atoms with Gasteiger partial charge in [0.05, 0.1) is 35.1 Å². The van der Waals surface area contributed by atoms with Gasteiger partial charge in [0, 0.05) is 12.8 Å². The molecule has 34 heavy (non-hydrogen) atoms. The molecule has 0 aromatic rings. The van der Waals surface area contributed by atoms with Crippen molar-refractivity contribution in [2.45, 2.75) is 116 Å². The first-order valence-corrected chi connectivity index (χ1v) is 11.5. The van der Waals surface area contributed by atoms with Crippen LogP contribution in [0.1, 0.15) is 93.9 Å². The van der Waals surface area contributed by atoms with Crippen LogP contribution in [0.2, 0.25) is 0 Å². The lowest BCUT2D eigenvalue weighted by atomic mass is 9.85. The van der Waals surface area contributed by atoms with Crippen LogP contribution in [0, 0.1) is 34.5 Å². The summed E-state index contributed by atoms with van der Waals surface area (Å²) in [5, 5.41) is 54.8. The van der Waals surface area contributed by atoms with E-state index in [1.165, 1.54) is 0 Å². The molecule has 10 heteroatoms. The molecule has 0 heterocycles. The number of azo groups is 2. The van der Waals surface area contributed by atoms with Crippen LogP contribution in [0.3, 0.4) is 0 Å². The minimum Gasteiger partial charge on any atom is -0.481 e. The highest BCUT2D eigenvalue weighted by Gasteiger charge is 2.34. The van der Waals surface area contributed by atoms with Gasteiger partial charge in [-0.3, -0.25) is 9.59 Å². The summed E-state index contributed by atoms with van der Waals surface area (Å²) in [7, 11) is 0. The summed E-state index contributed by atoms with van der Waals surface area (Å²) in [6.45, 7) is 14.1. The van der Waals surface area contributed by atoms with Crippen LogP contribution in [-0.4, -0.2) is 44.3 Å². The fourth-order valence-electron chi connectivity index (χ4n) is 3.11. The molecule has 0 radical (unpaired) electrons. The molecule has 4 unspecified atom stereocenters. The lowest BCUT2D eigenvalue weighted by Gasteiger charge is -2.23. The van der Waals surface area contributed by atoms with Gasteiger partial charge in [0.1, 0.15) is 0 Å². The SMILES string of the molecule is CC(C)(C)N=NC(C)(C#N)CC(CCCCC(CC(C)(C#N)N=NC(C)(C)C)C(=O)O)C(=O)O. The Morgan fingerprint density at radius 2 is 0.971 bits per heavy atom.